The molecule has 0 aliphatic rings. The standard InChI is InChI=1S/C18H20N2P.ClH/c1-21(13-5-11-19,14-6-12-20)15-17-9-4-8-16-7-2-3-10-18(16)17;/h2-4,7-10H,5-6,13-15H2,1H3;1H/q+1;. The zero-order valence-corrected chi connectivity index (χ0v) is 14.5. The molecule has 22 heavy (non-hydrogen) atoms. The zero-order chi connectivity index (χ0) is 15.1. The average molecular weight is 332 g/mol. The van der Waals surface area contributed by atoms with Crippen LogP contribution in [-0.2, 0) is 6.16 Å². The summed E-state index contributed by atoms with van der Waals surface area (Å²) in [7, 11) is -1.27. The summed E-state index contributed by atoms with van der Waals surface area (Å²) in [6, 6.07) is 19.4. The predicted octanol–water partition coefficient (Wildman–Crippen LogP) is 5.24. The van der Waals surface area contributed by atoms with Gasteiger partial charge < -0.3 is 0 Å². The first-order valence-electron chi connectivity index (χ1n) is 7.23. The molecule has 4 heteroatoms. The van der Waals surface area contributed by atoms with Gasteiger partial charge in [0.05, 0.1) is 43.5 Å². The van der Waals surface area contributed by atoms with Gasteiger partial charge >= 0.3 is 0 Å². The van der Waals surface area contributed by atoms with Crippen molar-refractivity contribution in [2.24, 2.45) is 0 Å². The molecule has 0 fully saturated rings. The first kappa shape index (κ1) is 18.4. The molecule has 2 nitrogen and oxygen atoms in total. The molecule has 2 rings (SSSR count). The van der Waals surface area contributed by atoms with E-state index < -0.39 is 7.26 Å². The Morgan fingerprint density at radius 1 is 0.909 bits per heavy atom. The van der Waals surface area contributed by atoms with Crippen molar-refractivity contribution in [2.45, 2.75) is 19.0 Å². The second-order valence-electron chi connectivity index (χ2n) is 5.68. The summed E-state index contributed by atoms with van der Waals surface area (Å²) in [6.45, 7) is 2.31. The van der Waals surface area contributed by atoms with E-state index in [0.717, 1.165) is 18.5 Å². The molecule has 0 bridgehead atoms. The lowest BCUT2D eigenvalue weighted by Crippen LogP contribution is -2.05. The van der Waals surface area contributed by atoms with Crippen molar-refractivity contribution in [2.75, 3.05) is 19.0 Å². The van der Waals surface area contributed by atoms with E-state index in [4.69, 9.17) is 10.5 Å². The van der Waals surface area contributed by atoms with Gasteiger partial charge in [0.25, 0.3) is 0 Å². The molecule has 114 valence electrons. The fraction of sp³-hybridized carbons (Fsp3) is 0.333. The quantitative estimate of drug-likeness (QED) is 0.680. The number of halogens is 1. The molecule has 0 saturated heterocycles. The van der Waals surface area contributed by atoms with Gasteiger partial charge in [-0.3, -0.25) is 0 Å². The van der Waals surface area contributed by atoms with Crippen molar-refractivity contribution < 1.29 is 0 Å². The molecule has 0 N–H and O–H groups in total. The minimum atomic E-state index is -1.27. The summed E-state index contributed by atoms with van der Waals surface area (Å²) >= 11 is 0. The lowest BCUT2D eigenvalue weighted by Gasteiger charge is -2.22. The number of hydrogen-bond acceptors (Lipinski definition) is 2. The van der Waals surface area contributed by atoms with Gasteiger partial charge in [-0.2, -0.15) is 10.5 Å². The van der Waals surface area contributed by atoms with Crippen LogP contribution in [0.1, 0.15) is 18.4 Å². The highest BCUT2D eigenvalue weighted by atomic mass is 35.5. The molecule has 0 saturated carbocycles. The first-order chi connectivity index (χ1) is 10.2. The van der Waals surface area contributed by atoms with Crippen molar-refractivity contribution >= 4 is 30.4 Å². The van der Waals surface area contributed by atoms with Crippen LogP contribution in [0.5, 0.6) is 0 Å². The van der Waals surface area contributed by atoms with Gasteiger partial charge in [0.2, 0.25) is 0 Å². The van der Waals surface area contributed by atoms with Crippen LogP contribution in [0.25, 0.3) is 10.8 Å². The maximum Gasteiger partial charge on any atom is 0.0846 e. The average Bonchev–Trinajstić information content (AvgIpc) is 2.52. The number of fused-ring (bicyclic) bond motifs is 1. The largest absolute Gasteiger partial charge is 0.198 e. The summed E-state index contributed by atoms with van der Waals surface area (Å²) < 4.78 is 0. The minimum Gasteiger partial charge on any atom is -0.198 e. The van der Waals surface area contributed by atoms with Gasteiger partial charge in [-0.1, -0.05) is 42.5 Å². The number of nitrogens with zero attached hydrogens (tertiary/aromatic N) is 2. The van der Waals surface area contributed by atoms with Crippen LogP contribution in [0.4, 0.5) is 0 Å². The summed E-state index contributed by atoms with van der Waals surface area (Å²) in [6.07, 6.45) is 4.13. The maximum atomic E-state index is 8.90. The molecule has 0 spiro atoms. The third-order valence-corrected chi connectivity index (χ3v) is 7.67. The Balaban J connectivity index is 0.00000242. The van der Waals surface area contributed by atoms with E-state index in [1.54, 1.807) is 0 Å². The topological polar surface area (TPSA) is 47.6 Å². The fourth-order valence-electron chi connectivity index (χ4n) is 2.75. The SMILES string of the molecule is C[P+](CCC#N)(CCC#N)Cc1cccc2ccccc12.Cl. The van der Waals surface area contributed by atoms with Crippen molar-refractivity contribution in [1.82, 2.24) is 0 Å². The number of hydrogen-bond donors (Lipinski definition) is 0. The zero-order valence-electron chi connectivity index (χ0n) is 12.8. The molecule has 0 unspecified atom stereocenters. The number of nitriles is 2. The molecule has 0 atom stereocenters. The van der Waals surface area contributed by atoms with Crippen LogP contribution in [0, 0.1) is 22.7 Å². The minimum absolute atomic E-state index is 0. The second-order valence-corrected chi connectivity index (χ2v) is 10.1. The molecule has 0 aliphatic carbocycles. The van der Waals surface area contributed by atoms with E-state index in [2.05, 4.69) is 61.3 Å². The van der Waals surface area contributed by atoms with E-state index in [9.17, 15) is 0 Å². The fourth-order valence-corrected chi connectivity index (χ4v) is 5.67. The van der Waals surface area contributed by atoms with E-state index in [0.29, 0.717) is 12.8 Å². The lowest BCUT2D eigenvalue weighted by molar-refractivity contribution is 1.14. The van der Waals surface area contributed by atoms with Crippen molar-refractivity contribution in [1.29, 1.82) is 10.5 Å². The predicted molar refractivity (Wildman–Crippen MR) is 97.9 cm³/mol. The van der Waals surface area contributed by atoms with Gasteiger partial charge in [-0.25, -0.2) is 0 Å². The normalized spacial score (nSPS) is 10.5. The van der Waals surface area contributed by atoms with Crippen molar-refractivity contribution in [3.63, 3.8) is 0 Å². The van der Waals surface area contributed by atoms with E-state index >= 15 is 0 Å². The molecule has 0 heterocycles. The lowest BCUT2D eigenvalue weighted by atomic mass is 10.1. The Labute approximate surface area is 139 Å². The highest BCUT2D eigenvalue weighted by Gasteiger charge is 2.31. The van der Waals surface area contributed by atoms with Crippen molar-refractivity contribution in [3.8, 4) is 12.1 Å². The molecule has 0 aliphatic heterocycles. The Morgan fingerprint density at radius 3 is 2.14 bits per heavy atom. The van der Waals surface area contributed by atoms with Crippen LogP contribution in [0.2, 0.25) is 0 Å². The second kappa shape index (κ2) is 8.75. The van der Waals surface area contributed by atoms with Crippen LogP contribution in [-0.4, -0.2) is 19.0 Å². The van der Waals surface area contributed by atoms with Gasteiger partial charge in [0.1, 0.15) is 0 Å². The molecule has 0 amide bonds. The molecule has 0 radical (unpaired) electrons. The Hall–Kier alpha value is -1.60. The first-order valence-corrected chi connectivity index (χ1v) is 10.0. The van der Waals surface area contributed by atoms with Gasteiger partial charge in [-0.05, 0) is 16.3 Å². The number of rotatable bonds is 6. The van der Waals surface area contributed by atoms with Gasteiger partial charge in [-0.15, -0.1) is 12.4 Å². The summed E-state index contributed by atoms with van der Waals surface area (Å²) in [4.78, 5) is 0. The highest BCUT2D eigenvalue weighted by Crippen LogP contribution is 2.59. The number of benzene rings is 2. The van der Waals surface area contributed by atoms with Gasteiger partial charge in [0, 0.05) is 13.9 Å². The van der Waals surface area contributed by atoms with E-state index in [-0.39, 0.29) is 12.4 Å². The third-order valence-electron chi connectivity index (χ3n) is 3.96. The van der Waals surface area contributed by atoms with E-state index in [1.165, 1.54) is 16.3 Å². The van der Waals surface area contributed by atoms with Crippen LogP contribution in [0.3, 0.4) is 0 Å². The summed E-state index contributed by atoms with van der Waals surface area (Å²) in [5.41, 5.74) is 1.36. The van der Waals surface area contributed by atoms with Crippen LogP contribution >= 0.6 is 19.7 Å². The molecular weight excluding hydrogens is 311 g/mol. The Bertz CT molecular complexity index is 677. The highest BCUT2D eigenvalue weighted by molar-refractivity contribution is 7.74. The molecule has 2 aromatic rings. The third kappa shape index (κ3) is 4.71. The van der Waals surface area contributed by atoms with Crippen LogP contribution < -0.4 is 0 Å². The Kier molecular flexibility index (Phi) is 7.34. The van der Waals surface area contributed by atoms with Crippen molar-refractivity contribution in [3.05, 3.63) is 48.0 Å². The van der Waals surface area contributed by atoms with E-state index in [1.807, 2.05) is 0 Å². The summed E-state index contributed by atoms with van der Waals surface area (Å²) in [5, 5.41) is 20.4. The summed E-state index contributed by atoms with van der Waals surface area (Å²) in [5.74, 6) is 0. The molecule has 2 aromatic carbocycles. The van der Waals surface area contributed by atoms with Gasteiger partial charge in [0.15, 0.2) is 0 Å². The maximum absolute atomic E-state index is 8.90. The smallest absolute Gasteiger partial charge is 0.0846 e. The monoisotopic (exact) mass is 331 g/mol. The molecular formula is C18H21ClN2P+. The van der Waals surface area contributed by atoms with Crippen LogP contribution in [0.15, 0.2) is 42.5 Å². The Morgan fingerprint density at radius 2 is 1.50 bits per heavy atom. The molecule has 0 aromatic heterocycles.